The molecule has 2 aromatic rings. The average Bonchev–Trinajstić information content (AvgIpc) is 2.88. The van der Waals surface area contributed by atoms with Crippen molar-refractivity contribution >= 4 is 27.5 Å². The number of nitrogens with one attached hydrogen (secondary N) is 1. The summed E-state index contributed by atoms with van der Waals surface area (Å²) in [6.45, 7) is 4.58. The molecule has 1 amide bonds. The number of nitrogens with zero attached hydrogens (tertiary/aromatic N) is 2. The molecule has 0 spiro atoms. The molecule has 0 unspecified atom stereocenters. The number of aromatic nitrogens is 2. The first-order valence-electron chi connectivity index (χ1n) is 6.52. The molecule has 21 heavy (non-hydrogen) atoms. The van der Waals surface area contributed by atoms with Crippen LogP contribution in [0.4, 0.5) is 13.2 Å². The van der Waals surface area contributed by atoms with E-state index in [0.29, 0.717) is 17.3 Å². The van der Waals surface area contributed by atoms with Crippen LogP contribution >= 0.6 is 11.3 Å². The number of carbonyl (C=O) groups excluding carboxylic acids is 1. The predicted octanol–water partition coefficient (Wildman–Crippen LogP) is 3.43. The summed E-state index contributed by atoms with van der Waals surface area (Å²) < 4.78 is 39.7. The molecular weight excluding hydrogens is 303 g/mol. The molecule has 0 fully saturated rings. The van der Waals surface area contributed by atoms with Crippen molar-refractivity contribution in [1.82, 2.24) is 15.1 Å². The van der Waals surface area contributed by atoms with Gasteiger partial charge in [-0.05, 0) is 18.4 Å². The lowest BCUT2D eigenvalue weighted by molar-refractivity contribution is -0.140. The van der Waals surface area contributed by atoms with Crippen molar-refractivity contribution in [3.05, 3.63) is 16.6 Å². The van der Waals surface area contributed by atoms with Gasteiger partial charge in [0.25, 0.3) is 5.91 Å². The highest BCUT2D eigenvalue weighted by Crippen LogP contribution is 2.37. The quantitative estimate of drug-likeness (QED) is 0.938. The minimum Gasteiger partial charge on any atom is -0.351 e. The van der Waals surface area contributed by atoms with Crippen LogP contribution in [0.25, 0.3) is 10.2 Å². The van der Waals surface area contributed by atoms with Crippen LogP contribution in [0, 0.1) is 5.92 Å². The summed E-state index contributed by atoms with van der Waals surface area (Å²) in [5, 5.41) is 6.17. The van der Waals surface area contributed by atoms with Crippen molar-refractivity contribution < 1.29 is 18.0 Å². The third-order valence-corrected chi connectivity index (χ3v) is 4.21. The van der Waals surface area contributed by atoms with E-state index in [4.69, 9.17) is 0 Å². The fraction of sp³-hybridized carbons (Fsp3) is 0.538. The van der Waals surface area contributed by atoms with Gasteiger partial charge in [-0.25, -0.2) is 0 Å². The Bertz CT molecular complexity index is 657. The Morgan fingerprint density at radius 2 is 2.14 bits per heavy atom. The number of carbonyl (C=O) groups is 1. The molecule has 0 aliphatic carbocycles. The minimum atomic E-state index is -4.52. The lowest BCUT2D eigenvalue weighted by Crippen LogP contribution is -2.24. The number of halogens is 3. The molecule has 0 atom stereocenters. The Labute approximate surface area is 123 Å². The highest BCUT2D eigenvalue weighted by Gasteiger charge is 2.37. The van der Waals surface area contributed by atoms with Crippen LogP contribution in [0.2, 0.25) is 0 Å². The van der Waals surface area contributed by atoms with E-state index < -0.39 is 11.9 Å². The summed E-state index contributed by atoms with van der Waals surface area (Å²) in [6, 6.07) is 1.26. The van der Waals surface area contributed by atoms with E-state index in [2.05, 4.69) is 10.4 Å². The smallest absolute Gasteiger partial charge is 0.351 e. The molecule has 0 saturated carbocycles. The Balaban J connectivity index is 2.25. The Kier molecular flexibility index (Phi) is 4.27. The number of aryl methyl sites for hydroxylation is 1. The topological polar surface area (TPSA) is 46.9 Å². The molecule has 0 radical (unpaired) electrons. The van der Waals surface area contributed by atoms with Gasteiger partial charge < -0.3 is 5.32 Å². The third-order valence-electron chi connectivity index (χ3n) is 3.01. The monoisotopic (exact) mass is 319 g/mol. The highest BCUT2D eigenvalue weighted by molar-refractivity contribution is 7.20. The maximum absolute atomic E-state index is 12.9. The standard InChI is InChI=1S/C13H16F3N3OS/c1-7(2)4-5-17-11(20)9-6-8-10(13(14,15)16)18-19(3)12(8)21-9/h6-7H,4-5H2,1-3H3,(H,17,20). The second-order valence-corrected chi connectivity index (χ2v) is 6.27. The normalized spacial score (nSPS) is 12.3. The second kappa shape index (κ2) is 5.67. The van der Waals surface area contributed by atoms with Crippen LogP contribution in [-0.4, -0.2) is 22.2 Å². The van der Waals surface area contributed by atoms with E-state index in [0.717, 1.165) is 22.4 Å². The van der Waals surface area contributed by atoms with Gasteiger partial charge in [-0.1, -0.05) is 13.8 Å². The zero-order chi connectivity index (χ0) is 15.8. The fourth-order valence-electron chi connectivity index (χ4n) is 1.92. The zero-order valence-corrected chi connectivity index (χ0v) is 12.7. The number of fused-ring (bicyclic) bond motifs is 1. The molecule has 2 rings (SSSR count). The van der Waals surface area contributed by atoms with Crippen molar-refractivity contribution in [3.63, 3.8) is 0 Å². The maximum Gasteiger partial charge on any atom is 0.435 e. The summed E-state index contributed by atoms with van der Waals surface area (Å²) in [5.74, 6) is 0.110. The molecule has 0 aliphatic heterocycles. The van der Waals surface area contributed by atoms with Crippen LogP contribution in [0.5, 0.6) is 0 Å². The molecular formula is C13H16F3N3OS. The van der Waals surface area contributed by atoms with Gasteiger partial charge in [-0.2, -0.15) is 18.3 Å². The van der Waals surface area contributed by atoms with Crippen LogP contribution in [0.15, 0.2) is 6.07 Å². The minimum absolute atomic E-state index is 0.0241. The number of thiophene rings is 1. The van der Waals surface area contributed by atoms with Gasteiger partial charge in [0, 0.05) is 19.0 Å². The predicted molar refractivity (Wildman–Crippen MR) is 75.4 cm³/mol. The highest BCUT2D eigenvalue weighted by atomic mass is 32.1. The first-order chi connectivity index (χ1) is 9.70. The Morgan fingerprint density at radius 3 is 2.71 bits per heavy atom. The van der Waals surface area contributed by atoms with E-state index in [1.165, 1.54) is 13.1 Å². The number of hydrogen-bond acceptors (Lipinski definition) is 3. The van der Waals surface area contributed by atoms with Gasteiger partial charge in [0.1, 0.15) is 4.83 Å². The lowest BCUT2D eigenvalue weighted by atomic mass is 10.1. The van der Waals surface area contributed by atoms with Gasteiger partial charge in [-0.3, -0.25) is 9.48 Å². The maximum atomic E-state index is 12.9. The molecule has 0 aromatic carbocycles. The number of rotatable bonds is 4. The van der Waals surface area contributed by atoms with Gasteiger partial charge in [0.15, 0.2) is 5.69 Å². The SMILES string of the molecule is CC(C)CCNC(=O)c1cc2c(C(F)(F)F)nn(C)c2s1. The van der Waals surface area contributed by atoms with Crippen LogP contribution < -0.4 is 5.32 Å². The summed E-state index contributed by atoms with van der Waals surface area (Å²) in [5.41, 5.74) is -0.947. The molecule has 0 bridgehead atoms. The molecule has 4 nitrogen and oxygen atoms in total. The van der Waals surface area contributed by atoms with E-state index in [1.54, 1.807) is 0 Å². The van der Waals surface area contributed by atoms with Gasteiger partial charge in [0.05, 0.1) is 4.88 Å². The van der Waals surface area contributed by atoms with E-state index in [1.807, 2.05) is 13.8 Å². The summed E-state index contributed by atoms with van der Waals surface area (Å²) in [4.78, 5) is 12.6. The second-order valence-electron chi connectivity index (χ2n) is 5.24. The molecule has 2 aromatic heterocycles. The van der Waals surface area contributed by atoms with Gasteiger partial charge in [0.2, 0.25) is 0 Å². The van der Waals surface area contributed by atoms with Crippen LogP contribution in [-0.2, 0) is 13.2 Å². The first-order valence-corrected chi connectivity index (χ1v) is 7.33. The van der Waals surface area contributed by atoms with Crippen molar-refractivity contribution in [3.8, 4) is 0 Å². The van der Waals surface area contributed by atoms with E-state index in [-0.39, 0.29) is 16.2 Å². The fourth-order valence-corrected chi connectivity index (χ4v) is 2.91. The summed E-state index contributed by atoms with van der Waals surface area (Å²) in [6.07, 6.45) is -3.70. The van der Waals surface area contributed by atoms with Crippen LogP contribution in [0.1, 0.15) is 35.6 Å². The Hall–Kier alpha value is -1.57. The lowest BCUT2D eigenvalue weighted by Gasteiger charge is -2.05. The number of hydrogen-bond donors (Lipinski definition) is 1. The molecule has 0 aliphatic rings. The number of amides is 1. The molecule has 116 valence electrons. The largest absolute Gasteiger partial charge is 0.435 e. The molecule has 0 saturated heterocycles. The van der Waals surface area contributed by atoms with Gasteiger partial charge in [-0.15, -0.1) is 11.3 Å². The van der Waals surface area contributed by atoms with E-state index >= 15 is 0 Å². The van der Waals surface area contributed by atoms with Crippen molar-refractivity contribution in [1.29, 1.82) is 0 Å². The molecule has 2 heterocycles. The van der Waals surface area contributed by atoms with E-state index in [9.17, 15) is 18.0 Å². The summed E-state index contributed by atoms with van der Waals surface area (Å²) in [7, 11) is 1.44. The average molecular weight is 319 g/mol. The van der Waals surface area contributed by atoms with Crippen molar-refractivity contribution in [2.45, 2.75) is 26.4 Å². The van der Waals surface area contributed by atoms with Crippen molar-refractivity contribution in [2.24, 2.45) is 13.0 Å². The number of alkyl halides is 3. The third kappa shape index (κ3) is 3.37. The first kappa shape index (κ1) is 15.8. The summed E-state index contributed by atoms with van der Waals surface area (Å²) >= 11 is 1.02. The molecule has 8 heteroatoms. The molecule has 1 N–H and O–H groups in total. The van der Waals surface area contributed by atoms with Gasteiger partial charge >= 0.3 is 6.18 Å². The van der Waals surface area contributed by atoms with Crippen molar-refractivity contribution in [2.75, 3.05) is 6.54 Å². The Morgan fingerprint density at radius 1 is 1.48 bits per heavy atom. The zero-order valence-electron chi connectivity index (χ0n) is 11.9. The van der Waals surface area contributed by atoms with Crippen LogP contribution in [0.3, 0.4) is 0 Å².